The second kappa shape index (κ2) is 8.28. The summed E-state index contributed by atoms with van der Waals surface area (Å²) >= 11 is 1.65. The third kappa shape index (κ3) is 3.64. The Kier molecular flexibility index (Phi) is 5.40. The highest BCUT2D eigenvalue weighted by molar-refractivity contribution is 7.07. The third-order valence-electron chi connectivity index (χ3n) is 4.55. The minimum Gasteiger partial charge on any atom is -0.494 e. The molecular weight excluding hydrogens is 364 g/mol. The van der Waals surface area contributed by atoms with Gasteiger partial charge in [0.1, 0.15) is 5.75 Å². The molecule has 0 N–H and O–H groups in total. The molecule has 4 rings (SSSR count). The van der Waals surface area contributed by atoms with Crippen LogP contribution in [-0.2, 0) is 6.54 Å². The van der Waals surface area contributed by atoms with Gasteiger partial charge in [-0.05, 0) is 48.2 Å². The molecule has 140 valence electrons. The molecule has 4 heteroatoms. The lowest BCUT2D eigenvalue weighted by Gasteiger charge is -2.08. The van der Waals surface area contributed by atoms with Crippen LogP contribution in [0.15, 0.2) is 89.8 Å². The van der Waals surface area contributed by atoms with Crippen LogP contribution < -0.4 is 9.54 Å². The second-order valence-corrected chi connectivity index (χ2v) is 7.21. The highest BCUT2D eigenvalue weighted by Gasteiger charge is 2.08. The molecule has 1 heterocycles. The zero-order valence-electron chi connectivity index (χ0n) is 15.8. The first-order chi connectivity index (χ1) is 13.8. The van der Waals surface area contributed by atoms with Gasteiger partial charge in [-0.25, -0.2) is 4.99 Å². The van der Waals surface area contributed by atoms with Gasteiger partial charge < -0.3 is 9.30 Å². The number of hydrogen-bond donors (Lipinski definition) is 0. The van der Waals surface area contributed by atoms with Crippen molar-refractivity contribution in [3.05, 3.63) is 89.6 Å². The molecule has 0 saturated carbocycles. The molecule has 0 unspecified atom stereocenters. The second-order valence-electron chi connectivity index (χ2n) is 6.37. The summed E-state index contributed by atoms with van der Waals surface area (Å²) in [4.78, 5) is 5.95. The Labute approximate surface area is 168 Å². The van der Waals surface area contributed by atoms with E-state index in [9.17, 15) is 0 Å². The number of fused-ring (bicyclic) bond motifs is 1. The Balaban J connectivity index is 1.82. The number of allylic oxidation sites excluding steroid dienone is 1. The number of nitrogens with zero attached hydrogens (tertiary/aromatic N) is 2. The van der Waals surface area contributed by atoms with Crippen LogP contribution in [0.3, 0.4) is 0 Å². The van der Waals surface area contributed by atoms with Gasteiger partial charge in [0, 0.05) is 17.3 Å². The molecular formula is C24H22N2OS. The molecule has 0 bridgehead atoms. The van der Waals surface area contributed by atoms with Crippen molar-refractivity contribution in [1.29, 1.82) is 0 Å². The van der Waals surface area contributed by atoms with E-state index < -0.39 is 0 Å². The molecule has 0 amide bonds. The van der Waals surface area contributed by atoms with Crippen molar-refractivity contribution in [2.45, 2.75) is 13.5 Å². The number of benzene rings is 3. The predicted molar refractivity (Wildman–Crippen MR) is 118 cm³/mol. The molecule has 0 aliphatic heterocycles. The van der Waals surface area contributed by atoms with Crippen molar-refractivity contribution in [1.82, 2.24) is 4.57 Å². The summed E-state index contributed by atoms with van der Waals surface area (Å²) in [5.74, 6) is 0.886. The van der Waals surface area contributed by atoms with Crippen LogP contribution in [0.25, 0.3) is 22.0 Å². The maximum Gasteiger partial charge on any atom is 0.190 e. The van der Waals surface area contributed by atoms with Crippen molar-refractivity contribution in [2.24, 2.45) is 4.99 Å². The van der Waals surface area contributed by atoms with E-state index in [2.05, 4.69) is 71.1 Å². The normalized spacial score (nSPS) is 11.7. The summed E-state index contributed by atoms with van der Waals surface area (Å²) in [5, 5.41) is 4.51. The Morgan fingerprint density at radius 1 is 1.04 bits per heavy atom. The van der Waals surface area contributed by atoms with Gasteiger partial charge >= 0.3 is 0 Å². The van der Waals surface area contributed by atoms with Gasteiger partial charge in [0.25, 0.3) is 0 Å². The molecule has 0 saturated heterocycles. The van der Waals surface area contributed by atoms with Gasteiger partial charge in [-0.2, -0.15) is 0 Å². The average Bonchev–Trinajstić information content (AvgIpc) is 3.12. The summed E-state index contributed by atoms with van der Waals surface area (Å²) in [5.41, 5.74) is 3.25. The average molecular weight is 387 g/mol. The summed E-state index contributed by atoms with van der Waals surface area (Å²) < 4.78 is 7.76. The van der Waals surface area contributed by atoms with E-state index in [1.807, 2.05) is 25.1 Å². The zero-order chi connectivity index (χ0) is 19.3. The fourth-order valence-electron chi connectivity index (χ4n) is 3.25. The van der Waals surface area contributed by atoms with E-state index in [4.69, 9.17) is 9.73 Å². The van der Waals surface area contributed by atoms with E-state index >= 15 is 0 Å². The third-order valence-corrected chi connectivity index (χ3v) is 5.42. The summed E-state index contributed by atoms with van der Waals surface area (Å²) in [7, 11) is 0. The van der Waals surface area contributed by atoms with Crippen molar-refractivity contribution < 1.29 is 4.74 Å². The van der Waals surface area contributed by atoms with Crippen molar-refractivity contribution in [2.75, 3.05) is 6.61 Å². The van der Waals surface area contributed by atoms with Crippen LogP contribution >= 0.6 is 11.3 Å². The Hall–Kier alpha value is -3.11. The molecule has 0 aliphatic rings. The SMILES string of the molecule is C=CCn1c(-c2ccc(OCC)cc2)csc1=Nc1cccc2ccccc12. The van der Waals surface area contributed by atoms with E-state index in [0.717, 1.165) is 32.9 Å². The van der Waals surface area contributed by atoms with Crippen LogP contribution in [0, 0.1) is 0 Å². The molecule has 1 aromatic heterocycles. The van der Waals surface area contributed by atoms with Crippen molar-refractivity contribution >= 4 is 27.8 Å². The van der Waals surface area contributed by atoms with Gasteiger partial charge in [-0.15, -0.1) is 17.9 Å². The van der Waals surface area contributed by atoms with E-state index in [0.29, 0.717) is 13.2 Å². The zero-order valence-corrected chi connectivity index (χ0v) is 16.7. The number of thiazole rings is 1. The molecule has 0 spiro atoms. The Morgan fingerprint density at radius 3 is 2.61 bits per heavy atom. The van der Waals surface area contributed by atoms with Gasteiger partial charge in [0.05, 0.1) is 18.0 Å². The van der Waals surface area contributed by atoms with Crippen LogP contribution in [0.5, 0.6) is 5.75 Å². The number of rotatable bonds is 6. The molecule has 28 heavy (non-hydrogen) atoms. The quantitative estimate of drug-likeness (QED) is 0.363. The Morgan fingerprint density at radius 2 is 1.82 bits per heavy atom. The van der Waals surface area contributed by atoms with Crippen LogP contribution in [-0.4, -0.2) is 11.2 Å². The molecule has 0 aliphatic carbocycles. The fraction of sp³-hybridized carbons (Fsp3) is 0.125. The number of aromatic nitrogens is 1. The monoisotopic (exact) mass is 386 g/mol. The lowest BCUT2D eigenvalue weighted by molar-refractivity contribution is 0.340. The fourth-order valence-corrected chi connectivity index (χ4v) is 4.18. The van der Waals surface area contributed by atoms with Gasteiger partial charge in [0.15, 0.2) is 4.80 Å². The number of hydrogen-bond acceptors (Lipinski definition) is 3. The maximum atomic E-state index is 5.56. The van der Waals surface area contributed by atoms with Crippen LogP contribution in [0.4, 0.5) is 5.69 Å². The van der Waals surface area contributed by atoms with E-state index in [1.165, 1.54) is 5.39 Å². The van der Waals surface area contributed by atoms with Crippen LogP contribution in [0.1, 0.15) is 6.92 Å². The highest BCUT2D eigenvalue weighted by atomic mass is 32.1. The molecule has 0 atom stereocenters. The van der Waals surface area contributed by atoms with Gasteiger partial charge in [-0.1, -0.05) is 42.5 Å². The largest absolute Gasteiger partial charge is 0.494 e. The Bertz CT molecular complexity index is 1160. The summed E-state index contributed by atoms with van der Waals surface area (Å²) in [6.07, 6.45) is 1.91. The maximum absolute atomic E-state index is 5.56. The lowest BCUT2D eigenvalue weighted by atomic mass is 10.1. The summed E-state index contributed by atoms with van der Waals surface area (Å²) in [6.45, 7) is 7.29. The standard InChI is InChI=1S/C24H22N2OS/c1-3-16-26-23(19-12-14-20(15-13-19)27-4-2)17-28-24(26)25-22-11-7-9-18-8-5-6-10-21(18)22/h3,5-15,17H,1,4,16H2,2H3. The number of ether oxygens (including phenoxy) is 1. The van der Waals surface area contributed by atoms with E-state index in [1.54, 1.807) is 11.3 Å². The molecule has 0 radical (unpaired) electrons. The van der Waals surface area contributed by atoms with E-state index in [-0.39, 0.29) is 0 Å². The van der Waals surface area contributed by atoms with Crippen molar-refractivity contribution in [3.8, 4) is 17.0 Å². The van der Waals surface area contributed by atoms with Gasteiger partial charge in [-0.3, -0.25) is 0 Å². The first kappa shape index (κ1) is 18.3. The minimum absolute atomic E-state index is 0.669. The van der Waals surface area contributed by atoms with Gasteiger partial charge in [0.2, 0.25) is 0 Å². The molecule has 0 fully saturated rings. The minimum atomic E-state index is 0.669. The lowest BCUT2D eigenvalue weighted by Crippen LogP contribution is -2.14. The first-order valence-corrected chi connectivity index (χ1v) is 10.2. The highest BCUT2D eigenvalue weighted by Crippen LogP contribution is 2.27. The first-order valence-electron chi connectivity index (χ1n) is 9.35. The predicted octanol–water partition coefficient (Wildman–Crippen LogP) is 6.19. The van der Waals surface area contributed by atoms with Crippen molar-refractivity contribution in [3.63, 3.8) is 0 Å². The smallest absolute Gasteiger partial charge is 0.190 e. The molecule has 3 nitrogen and oxygen atoms in total. The summed E-state index contributed by atoms with van der Waals surface area (Å²) in [6, 6.07) is 22.8. The molecule has 4 aromatic rings. The molecule has 3 aromatic carbocycles. The topological polar surface area (TPSA) is 26.5 Å². The van der Waals surface area contributed by atoms with Crippen LogP contribution in [0.2, 0.25) is 0 Å².